The summed E-state index contributed by atoms with van der Waals surface area (Å²) in [5.41, 5.74) is 0. The Kier molecular flexibility index (Phi) is 3.70. The van der Waals surface area contributed by atoms with Gasteiger partial charge in [0.25, 0.3) is 0 Å². The maximum atomic E-state index is 10.9. The molecule has 0 radical (unpaired) electrons. The monoisotopic (exact) mass is 149 g/mol. The van der Waals surface area contributed by atoms with Crippen molar-refractivity contribution in [3.63, 3.8) is 0 Å². The van der Waals surface area contributed by atoms with Crippen molar-refractivity contribution in [1.82, 2.24) is 4.72 Å². The number of thiol groups is 1. The number of carbonyl (C=O) groups excluding carboxylic acids is 1. The molecule has 0 heterocycles. The predicted molar refractivity (Wildman–Crippen MR) is 43.8 cm³/mol. The van der Waals surface area contributed by atoms with Crippen molar-refractivity contribution in [2.24, 2.45) is 5.92 Å². The molecular formula is C6H15NOS. The lowest BCUT2D eigenvalue weighted by Gasteiger charge is -2.13. The molecule has 0 bridgehead atoms. The molecule has 0 aromatic carbocycles. The van der Waals surface area contributed by atoms with E-state index in [0.29, 0.717) is 0 Å². The summed E-state index contributed by atoms with van der Waals surface area (Å²) >= 11 is -0.272. The molecule has 2 nitrogen and oxygen atoms in total. The fourth-order valence-electron chi connectivity index (χ4n) is 0.349. The predicted octanol–water partition coefficient (Wildman–Crippen LogP) is 0.934. The number of carbonyl (C=O) groups is 1. The molecule has 0 unspecified atom stereocenters. The average Bonchev–Trinajstić information content (AvgIpc) is 1.63. The first-order valence-electron chi connectivity index (χ1n) is 3.02. The van der Waals surface area contributed by atoms with Crippen LogP contribution >= 0.6 is 11.1 Å². The minimum absolute atomic E-state index is 0.120. The molecule has 0 fully saturated rings. The Hall–Kier alpha value is -0.180. The topological polar surface area (TPSA) is 29.1 Å². The first-order valence-corrected chi connectivity index (χ1v) is 5.25. The van der Waals surface area contributed by atoms with Gasteiger partial charge in [-0.3, -0.25) is 4.79 Å². The third-order valence-electron chi connectivity index (χ3n) is 0.858. The molecule has 0 aliphatic heterocycles. The summed E-state index contributed by atoms with van der Waals surface area (Å²) < 4.78 is 2.87. The molecule has 9 heavy (non-hydrogen) atoms. The molecule has 0 saturated heterocycles. The van der Waals surface area contributed by atoms with Crippen LogP contribution in [-0.2, 0) is 4.79 Å². The van der Waals surface area contributed by atoms with Crippen LogP contribution in [0.4, 0.5) is 0 Å². The molecule has 0 spiro atoms. The van der Waals surface area contributed by atoms with E-state index in [0.717, 1.165) is 0 Å². The minimum Gasteiger partial charge on any atom is -0.321 e. The Balaban J connectivity index is 3.51. The molecule has 56 valence electrons. The van der Waals surface area contributed by atoms with Gasteiger partial charge in [-0.15, -0.1) is 0 Å². The van der Waals surface area contributed by atoms with E-state index in [4.69, 9.17) is 0 Å². The molecule has 1 N–H and O–H groups in total. The fraction of sp³-hybridized carbons (Fsp3) is 0.833. The largest absolute Gasteiger partial charge is 0.321 e. The molecule has 0 saturated carbocycles. The van der Waals surface area contributed by atoms with Gasteiger partial charge in [0.2, 0.25) is 5.91 Å². The Morgan fingerprint density at radius 2 is 1.89 bits per heavy atom. The Morgan fingerprint density at radius 3 is 2.00 bits per heavy atom. The maximum Gasteiger partial charge on any atom is 0.230 e. The van der Waals surface area contributed by atoms with Gasteiger partial charge in [-0.2, -0.15) is 11.1 Å². The van der Waals surface area contributed by atoms with E-state index in [1.807, 2.05) is 26.4 Å². The summed E-state index contributed by atoms with van der Waals surface area (Å²) in [6, 6.07) is 0. The smallest absolute Gasteiger partial charge is 0.230 e. The summed E-state index contributed by atoms with van der Waals surface area (Å²) in [5, 5.41) is 0. The molecule has 0 rings (SSSR count). The molecule has 0 aliphatic carbocycles. The number of hydrogen-bond donors (Lipinski definition) is 2. The molecule has 3 heteroatoms. The average molecular weight is 149 g/mol. The normalized spacial score (nSPS) is 11.4. The van der Waals surface area contributed by atoms with Gasteiger partial charge in [-0.1, -0.05) is 13.8 Å². The second-order valence-electron chi connectivity index (χ2n) is 2.53. The van der Waals surface area contributed by atoms with E-state index in [-0.39, 0.29) is 22.9 Å². The van der Waals surface area contributed by atoms with Crippen molar-refractivity contribution in [3.8, 4) is 0 Å². The zero-order valence-corrected chi connectivity index (χ0v) is 7.33. The maximum absolute atomic E-state index is 10.9. The van der Waals surface area contributed by atoms with Crippen LogP contribution in [0, 0.1) is 5.92 Å². The van der Waals surface area contributed by atoms with Crippen LogP contribution in [0.1, 0.15) is 13.8 Å². The van der Waals surface area contributed by atoms with Crippen molar-refractivity contribution < 1.29 is 4.79 Å². The highest BCUT2D eigenvalue weighted by atomic mass is 32.2. The van der Waals surface area contributed by atoms with Crippen LogP contribution in [0.25, 0.3) is 0 Å². The van der Waals surface area contributed by atoms with Gasteiger partial charge in [0.15, 0.2) is 0 Å². The van der Waals surface area contributed by atoms with Crippen LogP contribution in [0.15, 0.2) is 0 Å². The highest BCUT2D eigenvalue weighted by Crippen LogP contribution is 2.07. The van der Waals surface area contributed by atoms with Crippen molar-refractivity contribution in [2.75, 3.05) is 12.5 Å². The Labute approximate surface area is 59.5 Å². The van der Waals surface area contributed by atoms with Crippen LogP contribution in [0.3, 0.4) is 0 Å². The number of amides is 1. The Morgan fingerprint density at radius 1 is 1.44 bits per heavy atom. The van der Waals surface area contributed by atoms with Crippen LogP contribution in [0.2, 0.25) is 0 Å². The van der Waals surface area contributed by atoms with Gasteiger partial charge in [-0.25, -0.2) is 0 Å². The summed E-state index contributed by atoms with van der Waals surface area (Å²) in [6.07, 6.45) is 4.05. The highest BCUT2D eigenvalue weighted by Gasteiger charge is 2.04. The quantitative estimate of drug-likeness (QED) is 0.562. The van der Waals surface area contributed by atoms with Gasteiger partial charge in [0, 0.05) is 5.92 Å². The third kappa shape index (κ3) is 4.33. The van der Waals surface area contributed by atoms with Gasteiger partial charge in [0.05, 0.1) is 0 Å². The van der Waals surface area contributed by atoms with Crippen molar-refractivity contribution in [1.29, 1.82) is 0 Å². The second kappa shape index (κ2) is 3.77. The van der Waals surface area contributed by atoms with Gasteiger partial charge in [-0.05, 0) is 12.5 Å². The molecule has 0 aliphatic rings. The second-order valence-corrected chi connectivity index (χ2v) is 4.54. The first-order chi connectivity index (χ1) is 4.04. The molecule has 0 aromatic heterocycles. The van der Waals surface area contributed by atoms with E-state index >= 15 is 0 Å². The summed E-state index contributed by atoms with van der Waals surface area (Å²) in [6.45, 7) is 3.79. The zero-order chi connectivity index (χ0) is 7.44. The number of rotatable bonds is 2. The lowest BCUT2D eigenvalue weighted by Crippen LogP contribution is -2.23. The summed E-state index contributed by atoms with van der Waals surface area (Å²) in [7, 11) is 0. The van der Waals surface area contributed by atoms with Crippen LogP contribution < -0.4 is 4.72 Å². The van der Waals surface area contributed by atoms with E-state index in [1.165, 1.54) is 0 Å². The minimum atomic E-state index is -0.272. The van der Waals surface area contributed by atoms with E-state index in [2.05, 4.69) is 4.72 Å². The standard InChI is InChI=1S/C6H15NOS/c1-5(2)6(8)7-9(3)4/h5,9H,1-4H3,(H,7,8). The van der Waals surface area contributed by atoms with E-state index in [9.17, 15) is 4.79 Å². The molecule has 0 atom stereocenters. The third-order valence-corrected chi connectivity index (χ3v) is 1.53. The summed E-state index contributed by atoms with van der Waals surface area (Å²) in [4.78, 5) is 10.9. The highest BCUT2D eigenvalue weighted by molar-refractivity contribution is 8.14. The van der Waals surface area contributed by atoms with Gasteiger partial charge in [0.1, 0.15) is 0 Å². The van der Waals surface area contributed by atoms with E-state index in [1.54, 1.807) is 0 Å². The Bertz CT molecular complexity index is 101. The van der Waals surface area contributed by atoms with Gasteiger partial charge >= 0.3 is 0 Å². The van der Waals surface area contributed by atoms with Crippen molar-refractivity contribution >= 4 is 17.0 Å². The molecule has 0 aromatic rings. The molecular weight excluding hydrogens is 134 g/mol. The molecule has 1 amide bonds. The number of hydrogen-bond acceptors (Lipinski definition) is 1. The number of nitrogens with one attached hydrogen (secondary N) is 1. The van der Waals surface area contributed by atoms with Crippen molar-refractivity contribution in [3.05, 3.63) is 0 Å². The lowest BCUT2D eigenvalue weighted by molar-refractivity contribution is -0.122. The fourth-order valence-corrected chi connectivity index (χ4v) is 1.05. The lowest BCUT2D eigenvalue weighted by atomic mass is 10.2. The van der Waals surface area contributed by atoms with Gasteiger partial charge < -0.3 is 4.72 Å². The van der Waals surface area contributed by atoms with Crippen molar-refractivity contribution in [2.45, 2.75) is 13.8 Å². The summed E-state index contributed by atoms with van der Waals surface area (Å²) in [5.74, 6) is 0.279. The first kappa shape index (κ1) is 8.82. The van der Waals surface area contributed by atoms with Crippen LogP contribution in [-0.4, -0.2) is 18.4 Å². The van der Waals surface area contributed by atoms with Crippen LogP contribution in [0.5, 0.6) is 0 Å². The van der Waals surface area contributed by atoms with E-state index < -0.39 is 0 Å². The SMILES string of the molecule is CC(C)C(=O)N[SH](C)C. The zero-order valence-electron chi connectivity index (χ0n) is 6.43.